The third-order valence-electron chi connectivity index (χ3n) is 6.28. The summed E-state index contributed by atoms with van der Waals surface area (Å²) in [7, 11) is 1.31. The standard InChI is InChI=1S/C16H20N2O4.C11H21NO4.C7H11N3O2/c1-16(2,3)22-15(21)18-13(14(19)20)8-10-9-17-12-7-5-4-6-11(10)12;1-7(2)6-8(9(13)14)12-10(15)16-11(3,4)5;1-12-7(11)6(8)2-5-3-9-4-10-5/h4-7,9,13,17H,8H2,1-3H3,(H,18,21)(H,19,20);7-8H,6H2,1-5H3,(H,12,15)(H,13,14);3-4,6H,2,8H2,1H3,(H,9,10). The van der Waals surface area contributed by atoms with Gasteiger partial charge in [0.2, 0.25) is 0 Å². The first-order valence-corrected chi connectivity index (χ1v) is 15.9. The van der Waals surface area contributed by atoms with Crippen molar-refractivity contribution in [1.29, 1.82) is 0 Å². The van der Waals surface area contributed by atoms with Crippen LogP contribution in [-0.2, 0) is 41.4 Å². The van der Waals surface area contributed by atoms with E-state index in [1.165, 1.54) is 7.11 Å². The lowest BCUT2D eigenvalue weighted by Gasteiger charge is -2.22. The molecule has 16 heteroatoms. The van der Waals surface area contributed by atoms with Crippen molar-refractivity contribution in [3.05, 3.63) is 54.2 Å². The summed E-state index contributed by atoms with van der Waals surface area (Å²) in [6.07, 6.45) is 4.49. The molecule has 0 radical (unpaired) electrons. The van der Waals surface area contributed by atoms with E-state index < -0.39 is 59.4 Å². The number of methoxy groups -OCH3 is 1. The molecule has 0 aliphatic heterocycles. The molecule has 1 aromatic carbocycles. The molecule has 50 heavy (non-hydrogen) atoms. The summed E-state index contributed by atoms with van der Waals surface area (Å²) >= 11 is 0. The lowest BCUT2D eigenvalue weighted by molar-refractivity contribution is -0.142. The van der Waals surface area contributed by atoms with Crippen molar-refractivity contribution >= 4 is 41.0 Å². The molecule has 0 bridgehead atoms. The van der Waals surface area contributed by atoms with E-state index in [0.717, 1.165) is 22.2 Å². The maximum absolute atomic E-state index is 11.8. The van der Waals surface area contributed by atoms with Crippen molar-refractivity contribution < 1.29 is 48.4 Å². The topological polar surface area (TPSA) is 248 Å². The molecule has 0 spiro atoms. The second kappa shape index (κ2) is 19.8. The number of H-pyrrole nitrogens is 2. The highest BCUT2D eigenvalue weighted by Crippen LogP contribution is 2.19. The van der Waals surface area contributed by atoms with Gasteiger partial charge in [-0.25, -0.2) is 24.2 Å². The lowest BCUT2D eigenvalue weighted by atomic mass is 10.0. The van der Waals surface area contributed by atoms with Gasteiger partial charge in [0.25, 0.3) is 0 Å². The van der Waals surface area contributed by atoms with Crippen LogP contribution >= 0.6 is 0 Å². The van der Waals surface area contributed by atoms with E-state index in [0.29, 0.717) is 12.8 Å². The second-order valence-electron chi connectivity index (χ2n) is 13.7. The third-order valence-corrected chi connectivity index (χ3v) is 6.28. The number of amides is 2. The Labute approximate surface area is 291 Å². The number of carboxylic acids is 2. The molecule has 278 valence electrons. The average Bonchev–Trinajstić information content (AvgIpc) is 3.64. The summed E-state index contributed by atoms with van der Waals surface area (Å²) in [6, 6.07) is 5.05. The van der Waals surface area contributed by atoms with Crippen LogP contribution in [0.1, 0.15) is 73.1 Å². The van der Waals surface area contributed by atoms with Crippen molar-refractivity contribution in [2.24, 2.45) is 11.7 Å². The van der Waals surface area contributed by atoms with Gasteiger partial charge < -0.3 is 50.8 Å². The number of carbonyl (C=O) groups excluding carboxylic acids is 3. The number of nitrogens with one attached hydrogen (secondary N) is 4. The summed E-state index contributed by atoms with van der Waals surface area (Å²) < 4.78 is 14.6. The van der Waals surface area contributed by atoms with Crippen molar-refractivity contribution in [2.45, 2.75) is 104 Å². The van der Waals surface area contributed by atoms with E-state index in [1.54, 1.807) is 60.3 Å². The van der Waals surface area contributed by atoms with Gasteiger partial charge in [-0.05, 0) is 65.5 Å². The SMILES string of the molecule is CC(C)(C)OC(=O)NC(Cc1c[nH]c2ccccc12)C(=O)O.CC(C)CC(NC(=O)OC(C)(C)C)C(=O)O.COC(=O)C(N)Cc1cnc[nH]1. The predicted octanol–water partition coefficient (Wildman–Crippen LogP) is 4.15. The van der Waals surface area contributed by atoms with Gasteiger partial charge in [0, 0.05) is 41.8 Å². The number of ether oxygens (including phenoxy) is 3. The normalized spacial score (nSPS) is 12.9. The summed E-state index contributed by atoms with van der Waals surface area (Å²) in [5, 5.41) is 23.9. The van der Waals surface area contributed by atoms with E-state index in [9.17, 15) is 29.1 Å². The molecule has 3 aromatic rings. The lowest BCUT2D eigenvalue weighted by Crippen LogP contribution is -2.44. The summed E-state index contributed by atoms with van der Waals surface area (Å²) in [5.41, 5.74) is 6.79. The first-order valence-electron chi connectivity index (χ1n) is 15.9. The number of hydrogen-bond acceptors (Lipinski definition) is 10. The average molecular weight is 705 g/mol. The number of carbonyl (C=O) groups is 5. The van der Waals surface area contributed by atoms with Crippen LogP contribution in [0.3, 0.4) is 0 Å². The number of alkyl carbamates (subject to hydrolysis) is 2. The Bertz CT molecular complexity index is 1520. The van der Waals surface area contributed by atoms with Crippen LogP contribution < -0.4 is 16.4 Å². The van der Waals surface area contributed by atoms with Crippen molar-refractivity contribution in [2.75, 3.05) is 7.11 Å². The highest BCUT2D eigenvalue weighted by Gasteiger charge is 2.26. The number of rotatable bonds is 11. The fraction of sp³-hybridized carbons (Fsp3) is 0.529. The maximum atomic E-state index is 11.8. The van der Waals surface area contributed by atoms with Gasteiger partial charge in [-0.2, -0.15) is 0 Å². The maximum Gasteiger partial charge on any atom is 0.408 e. The highest BCUT2D eigenvalue weighted by atomic mass is 16.6. The number of carboxylic acid groups (broad SMARTS) is 2. The minimum Gasteiger partial charge on any atom is -0.480 e. The third kappa shape index (κ3) is 17.3. The second-order valence-corrected chi connectivity index (χ2v) is 13.7. The smallest absolute Gasteiger partial charge is 0.408 e. The van der Waals surface area contributed by atoms with Gasteiger partial charge in [0.15, 0.2) is 0 Å². The molecule has 16 nitrogen and oxygen atoms in total. The predicted molar refractivity (Wildman–Crippen MR) is 185 cm³/mol. The van der Waals surface area contributed by atoms with Gasteiger partial charge in [-0.3, -0.25) is 4.79 Å². The molecule has 2 amide bonds. The highest BCUT2D eigenvalue weighted by molar-refractivity contribution is 5.85. The first-order chi connectivity index (χ1) is 23.1. The number of imidazole rings is 1. The minimum absolute atomic E-state index is 0.179. The molecule has 3 atom stereocenters. The molecule has 3 unspecified atom stereocenters. The zero-order chi connectivity index (χ0) is 38.2. The zero-order valence-corrected chi connectivity index (χ0v) is 30.2. The fourth-order valence-electron chi connectivity index (χ4n) is 4.18. The van der Waals surface area contributed by atoms with E-state index in [-0.39, 0.29) is 12.3 Å². The Hall–Kier alpha value is -5.12. The molecule has 0 aliphatic carbocycles. The van der Waals surface area contributed by atoms with Crippen molar-refractivity contribution in [1.82, 2.24) is 25.6 Å². The van der Waals surface area contributed by atoms with E-state index >= 15 is 0 Å². The first kappa shape index (κ1) is 42.9. The molecule has 2 aromatic heterocycles. The number of para-hydroxylation sites is 1. The molecular formula is C34H52N6O10. The van der Waals surface area contributed by atoms with E-state index in [1.807, 2.05) is 38.1 Å². The van der Waals surface area contributed by atoms with Crippen LogP contribution in [0.2, 0.25) is 0 Å². The van der Waals surface area contributed by atoms with Gasteiger partial charge in [0.05, 0.1) is 13.4 Å². The van der Waals surface area contributed by atoms with Crippen LogP contribution in [0.5, 0.6) is 0 Å². The fourth-order valence-corrected chi connectivity index (χ4v) is 4.18. The van der Waals surface area contributed by atoms with Gasteiger partial charge in [-0.1, -0.05) is 32.0 Å². The Morgan fingerprint density at radius 1 is 0.860 bits per heavy atom. The Kier molecular flexibility index (Phi) is 17.0. The van der Waals surface area contributed by atoms with Gasteiger partial charge >= 0.3 is 30.1 Å². The van der Waals surface area contributed by atoms with Crippen LogP contribution in [0, 0.1) is 5.92 Å². The Morgan fingerprint density at radius 3 is 1.86 bits per heavy atom. The quantitative estimate of drug-likeness (QED) is 0.110. The summed E-state index contributed by atoms with van der Waals surface area (Å²) in [5.74, 6) is -2.36. The largest absolute Gasteiger partial charge is 0.480 e. The number of hydrogen-bond donors (Lipinski definition) is 7. The van der Waals surface area contributed by atoms with Gasteiger partial charge in [0.1, 0.15) is 29.3 Å². The number of nitrogens with zero attached hydrogens (tertiary/aromatic N) is 1. The number of aliphatic carboxylic acids is 2. The van der Waals surface area contributed by atoms with Gasteiger partial charge in [-0.15, -0.1) is 0 Å². The van der Waals surface area contributed by atoms with Crippen LogP contribution in [0.25, 0.3) is 10.9 Å². The number of benzene rings is 1. The molecule has 0 fully saturated rings. The Morgan fingerprint density at radius 2 is 1.40 bits per heavy atom. The number of fused-ring (bicyclic) bond motifs is 1. The monoisotopic (exact) mass is 704 g/mol. The summed E-state index contributed by atoms with van der Waals surface area (Å²) in [4.78, 5) is 66.0. The number of aromatic amines is 2. The number of nitrogens with two attached hydrogens (primary N) is 1. The molecule has 3 rings (SSSR count). The molecule has 8 N–H and O–H groups in total. The van der Waals surface area contributed by atoms with Crippen LogP contribution in [-0.4, -0.2) is 91.7 Å². The minimum atomic E-state index is -1.10. The molecule has 0 aliphatic rings. The van der Waals surface area contributed by atoms with E-state index in [2.05, 4.69) is 30.3 Å². The molecule has 0 saturated heterocycles. The number of esters is 1. The molecular weight excluding hydrogens is 652 g/mol. The number of aromatic nitrogens is 3. The summed E-state index contributed by atoms with van der Waals surface area (Å²) in [6.45, 7) is 14.1. The van der Waals surface area contributed by atoms with Crippen molar-refractivity contribution in [3.8, 4) is 0 Å². The van der Waals surface area contributed by atoms with Crippen LogP contribution in [0.4, 0.5) is 9.59 Å². The van der Waals surface area contributed by atoms with E-state index in [4.69, 9.17) is 20.3 Å². The Balaban J connectivity index is 0.000000395. The van der Waals surface area contributed by atoms with Crippen LogP contribution in [0.15, 0.2) is 43.0 Å². The molecule has 2 heterocycles. The zero-order valence-electron chi connectivity index (χ0n) is 30.2. The molecule has 0 saturated carbocycles. The van der Waals surface area contributed by atoms with Crippen molar-refractivity contribution in [3.63, 3.8) is 0 Å².